The average Bonchev–Trinajstić information content (AvgIpc) is 2.13. The monoisotopic (exact) mass is 126 g/mol. The number of hydrogen-bond acceptors (Lipinski definition) is 1. The molecule has 0 aromatic carbocycles. The average molecular weight is 126 g/mol. The highest BCUT2D eigenvalue weighted by Crippen LogP contribution is 2.36. The quantitative estimate of drug-likeness (QED) is 0.446. The van der Waals surface area contributed by atoms with Crippen LogP contribution in [-0.2, 0) is 4.74 Å². The minimum atomic E-state index is -4.14. The molecule has 0 aliphatic carbocycles. The first kappa shape index (κ1) is 5.88. The second-order valence-electron chi connectivity index (χ2n) is 1.80. The fourth-order valence-electron chi connectivity index (χ4n) is 0.529. The molecule has 0 unspecified atom stereocenters. The molecule has 2 atom stereocenters. The van der Waals surface area contributed by atoms with E-state index in [1.54, 1.807) is 0 Å². The van der Waals surface area contributed by atoms with Crippen molar-refractivity contribution in [1.82, 2.24) is 0 Å². The standard InChI is InChI=1S/C4H5F3O/c1-2-3(8-2)4(5,6)7/h2-3H,1H3/t2-,3-/m0/s1. The Morgan fingerprint density at radius 3 is 1.75 bits per heavy atom. The van der Waals surface area contributed by atoms with Crippen molar-refractivity contribution in [3.05, 3.63) is 0 Å². The molecule has 1 saturated heterocycles. The molecule has 1 fully saturated rings. The van der Waals surface area contributed by atoms with Crippen molar-refractivity contribution < 1.29 is 17.9 Å². The van der Waals surface area contributed by atoms with E-state index in [2.05, 4.69) is 4.74 Å². The van der Waals surface area contributed by atoms with E-state index in [0.717, 1.165) is 0 Å². The molecule has 1 aliphatic rings. The van der Waals surface area contributed by atoms with Crippen molar-refractivity contribution in [1.29, 1.82) is 0 Å². The molecule has 0 N–H and O–H groups in total. The van der Waals surface area contributed by atoms with Crippen molar-refractivity contribution in [3.8, 4) is 0 Å². The van der Waals surface area contributed by atoms with Crippen LogP contribution < -0.4 is 0 Å². The smallest absolute Gasteiger partial charge is 0.360 e. The summed E-state index contributed by atoms with van der Waals surface area (Å²) < 4.78 is 38.3. The van der Waals surface area contributed by atoms with Gasteiger partial charge in [-0.1, -0.05) is 0 Å². The summed E-state index contributed by atoms with van der Waals surface area (Å²) in [7, 11) is 0. The molecule has 0 spiro atoms. The normalized spacial score (nSPS) is 37.5. The Hall–Kier alpha value is -0.250. The van der Waals surface area contributed by atoms with Crippen LogP contribution in [0.25, 0.3) is 0 Å². The fourth-order valence-corrected chi connectivity index (χ4v) is 0.529. The number of halogens is 3. The number of epoxide rings is 1. The second kappa shape index (κ2) is 1.37. The number of hydrogen-bond donors (Lipinski definition) is 0. The maximum Gasteiger partial charge on any atom is 0.417 e. The van der Waals surface area contributed by atoms with Gasteiger partial charge in [0.15, 0.2) is 6.10 Å². The first-order chi connectivity index (χ1) is 3.52. The molecule has 1 rings (SSSR count). The molecule has 0 saturated carbocycles. The fraction of sp³-hybridized carbons (Fsp3) is 1.00. The Morgan fingerprint density at radius 2 is 1.75 bits per heavy atom. The molecule has 1 aliphatic heterocycles. The van der Waals surface area contributed by atoms with Gasteiger partial charge in [-0.25, -0.2) is 0 Å². The third-order valence-corrected chi connectivity index (χ3v) is 1.03. The molecule has 1 heterocycles. The largest absolute Gasteiger partial charge is 0.417 e. The van der Waals surface area contributed by atoms with Crippen LogP contribution in [-0.4, -0.2) is 18.4 Å². The van der Waals surface area contributed by atoms with Crippen molar-refractivity contribution in [2.24, 2.45) is 0 Å². The molecule has 0 bridgehead atoms. The first-order valence-corrected chi connectivity index (χ1v) is 2.24. The molecular formula is C4H5F3O. The van der Waals surface area contributed by atoms with E-state index in [0.29, 0.717) is 0 Å². The molecule has 48 valence electrons. The SMILES string of the molecule is C[C@@H]1O[C@@H]1C(F)(F)F. The number of alkyl halides is 3. The van der Waals surface area contributed by atoms with E-state index in [4.69, 9.17) is 0 Å². The Kier molecular flexibility index (Phi) is 1.01. The van der Waals surface area contributed by atoms with Crippen LogP contribution in [0.5, 0.6) is 0 Å². The molecule has 1 nitrogen and oxygen atoms in total. The summed E-state index contributed by atoms with van der Waals surface area (Å²) in [4.78, 5) is 0. The maximum atomic E-state index is 11.4. The zero-order chi connectivity index (χ0) is 6.36. The van der Waals surface area contributed by atoms with Gasteiger partial charge >= 0.3 is 6.18 Å². The number of ether oxygens (including phenoxy) is 1. The summed E-state index contributed by atoms with van der Waals surface area (Å²) in [6.45, 7) is 1.40. The van der Waals surface area contributed by atoms with Crippen molar-refractivity contribution >= 4 is 0 Å². The van der Waals surface area contributed by atoms with Gasteiger partial charge in [0.25, 0.3) is 0 Å². The Balaban J connectivity index is 2.39. The first-order valence-electron chi connectivity index (χ1n) is 2.24. The van der Waals surface area contributed by atoms with E-state index in [1.807, 2.05) is 0 Å². The van der Waals surface area contributed by atoms with E-state index in [9.17, 15) is 13.2 Å². The minimum absolute atomic E-state index is 0.616. The summed E-state index contributed by atoms with van der Waals surface area (Å²) in [5, 5.41) is 0. The molecule has 4 heteroatoms. The summed E-state index contributed by atoms with van der Waals surface area (Å²) >= 11 is 0. The Morgan fingerprint density at radius 1 is 1.38 bits per heavy atom. The van der Waals surface area contributed by atoms with Crippen molar-refractivity contribution in [2.45, 2.75) is 25.3 Å². The van der Waals surface area contributed by atoms with Crippen LogP contribution >= 0.6 is 0 Å². The van der Waals surface area contributed by atoms with Gasteiger partial charge in [0.05, 0.1) is 6.10 Å². The van der Waals surface area contributed by atoms with Crippen LogP contribution in [0.1, 0.15) is 6.92 Å². The highest BCUT2D eigenvalue weighted by Gasteiger charge is 2.55. The summed E-state index contributed by atoms with van der Waals surface area (Å²) in [6, 6.07) is 0. The lowest BCUT2D eigenvalue weighted by molar-refractivity contribution is -0.146. The van der Waals surface area contributed by atoms with Gasteiger partial charge in [0.2, 0.25) is 0 Å². The Bertz CT molecular complexity index is 97.9. The molecule has 0 amide bonds. The van der Waals surface area contributed by atoms with E-state index >= 15 is 0 Å². The Labute approximate surface area is 44.4 Å². The van der Waals surface area contributed by atoms with Crippen LogP contribution in [0.4, 0.5) is 13.2 Å². The van der Waals surface area contributed by atoms with E-state index in [-0.39, 0.29) is 0 Å². The van der Waals surface area contributed by atoms with E-state index in [1.165, 1.54) is 6.92 Å². The molecule has 0 aromatic heterocycles. The number of rotatable bonds is 0. The lowest BCUT2D eigenvalue weighted by Crippen LogP contribution is -2.17. The highest BCUT2D eigenvalue weighted by atomic mass is 19.4. The van der Waals surface area contributed by atoms with Crippen LogP contribution in [0.3, 0.4) is 0 Å². The van der Waals surface area contributed by atoms with Gasteiger partial charge in [-0.2, -0.15) is 13.2 Å². The highest BCUT2D eigenvalue weighted by molar-refractivity contribution is 4.86. The summed E-state index contributed by atoms with van der Waals surface area (Å²) in [6.07, 6.45) is -6.24. The van der Waals surface area contributed by atoms with Gasteiger partial charge in [-0.15, -0.1) is 0 Å². The molecule has 0 radical (unpaired) electrons. The second-order valence-corrected chi connectivity index (χ2v) is 1.80. The van der Waals surface area contributed by atoms with Crippen molar-refractivity contribution in [2.75, 3.05) is 0 Å². The van der Waals surface area contributed by atoms with Gasteiger partial charge in [0.1, 0.15) is 0 Å². The predicted octanol–water partition coefficient (Wildman–Crippen LogP) is 1.34. The lowest BCUT2D eigenvalue weighted by Gasteiger charge is -1.97. The van der Waals surface area contributed by atoms with Crippen molar-refractivity contribution in [3.63, 3.8) is 0 Å². The molecule has 8 heavy (non-hydrogen) atoms. The van der Waals surface area contributed by atoms with Crippen LogP contribution in [0.15, 0.2) is 0 Å². The predicted molar refractivity (Wildman–Crippen MR) is 20.4 cm³/mol. The maximum absolute atomic E-state index is 11.4. The topological polar surface area (TPSA) is 12.5 Å². The third-order valence-electron chi connectivity index (χ3n) is 1.03. The van der Waals surface area contributed by atoms with Gasteiger partial charge in [-0.05, 0) is 6.92 Å². The molecular weight excluding hydrogens is 121 g/mol. The van der Waals surface area contributed by atoms with Gasteiger partial charge in [0, 0.05) is 0 Å². The summed E-state index contributed by atoms with van der Waals surface area (Å²) in [5.74, 6) is 0. The van der Waals surface area contributed by atoms with E-state index < -0.39 is 18.4 Å². The van der Waals surface area contributed by atoms with Gasteiger partial charge in [-0.3, -0.25) is 0 Å². The van der Waals surface area contributed by atoms with Crippen LogP contribution in [0, 0.1) is 0 Å². The zero-order valence-corrected chi connectivity index (χ0v) is 4.20. The lowest BCUT2D eigenvalue weighted by atomic mass is 10.3. The third kappa shape index (κ3) is 0.940. The minimum Gasteiger partial charge on any atom is -0.360 e. The van der Waals surface area contributed by atoms with Crippen LogP contribution in [0.2, 0.25) is 0 Å². The zero-order valence-electron chi connectivity index (χ0n) is 4.20. The molecule has 0 aromatic rings. The van der Waals surface area contributed by atoms with Gasteiger partial charge < -0.3 is 4.74 Å². The summed E-state index contributed by atoms with van der Waals surface area (Å²) in [5.41, 5.74) is 0.